The second-order valence-electron chi connectivity index (χ2n) is 10.3. The number of nitrogens with zero attached hydrogens (tertiary/aromatic N) is 4. The average molecular weight is 628 g/mol. The van der Waals surface area contributed by atoms with E-state index >= 15 is 0 Å². The van der Waals surface area contributed by atoms with Crippen molar-refractivity contribution >= 4 is 66.0 Å². The van der Waals surface area contributed by atoms with Crippen LogP contribution in [0.25, 0.3) is 22.6 Å². The van der Waals surface area contributed by atoms with Crippen LogP contribution >= 0.6 is 15.9 Å². The number of benzene rings is 2. The third kappa shape index (κ3) is 4.78. The molecule has 2 amide bonds. The Kier molecular flexibility index (Phi) is 7.32. The molecule has 9 nitrogen and oxygen atoms in total. The van der Waals surface area contributed by atoms with E-state index in [1.807, 2.05) is 46.9 Å². The van der Waals surface area contributed by atoms with Crippen molar-refractivity contribution in [2.75, 3.05) is 50.8 Å². The van der Waals surface area contributed by atoms with Crippen LogP contribution < -0.4 is 4.90 Å². The summed E-state index contributed by atoms with van der Waals surface area (Å²) in [7, 11) is -3.74. The Hall–Kier alpha value is -2.99. The number of amides is 2. The number of likely N-dealkylation sites (tertiary alicyclic amines) is 1. The molecule has 0 aliphatic carbocycles. The maximum absolute atomic E-state index is 13.6. The first-order valence-corrected chi connectivity index (χ1v) is 15.8. The van der Waals surface area contributed by atoms with Gasteiger partial charge in [-0.15, -0.1) is 0 Å². The lowest BCUT2D eigenvalue weighted by Crippen LogP contribution is -2.40. The molecule has 0 radical (unpaired) electrons. The summed E-state index contributed by atoms with van der Waals surface area (Å²) in [5.74, 6) is -0.101. The summed E-state index contributed by atoms with van der Waals surface area (Å²) in [5, 5.41) is 0.900. The summed E-state index contributed by atoms with van der Waals surface area (Å²) in [6.45, 7) is 5.46. The second kappa shape index (κ2) is 10.8. The lowest BCUT2D eigenvalue weighted by molar-refractivity contribution is -0.130. The number of halogens is 1. The molecule has 2 saturated heterocycles. The van der Waals surface area contributed by atoms with E-state index in [-0.39, 0.29) is 23.3 Å². The van der Waals surface area contributed by atoms with E-state index in [0.29, 0.717) is 49.7 Å². The van der Waals surface area contributed by atoms with Gasteiger partial charge in [-0.2, -0.15) is 4.31 Å². The molecule has 210 valence electrons. The predicted molar refractivity (Wildman–Crippen MR) is 157 cm³/mol. The molecular formula is C29H31BrN4O5S. The third-order valence-electron chi connectivity index (χ3n) is 7.89. The van der Waals surface area contributed by atoms with Crippen molar-refractivity contribution < 1.29 is 22.7 Å². The van der Waals surface area contributed by atoms with Gasteiger partial charge in [-0.3, -0.25) is 9.59 Å². The van der Waals surface area contributed by atoms with Crippen molar-refractivity contribution in [3.8, 4) is 0 Å². The van der Waals surface area contributed by atoms with Crippen LogP contribution in [0.3, 0.4) is 0 Å². The summed E-state index contributed by atoms with van der Waals surface area (Å²) in [5.41, 5.74) is 3.39. The topological polar surface area (TPSA) is 92.2 Å². The SMILES string of the molecule is CCN1C(=O)C(=Cc2cn(CC(=O)N3CCCC3)c3ccc(Br)cc23)c2cc(S(=O)(=O)N3CCOCC3)ccc21. The highest BCUT2D eigenvalue weighted by molar-refractivity contribution is 9.10. The number of carbonyl (C=O) groups excluding carboxylic acids is 2. The van der Waals surface area contributed by atoms with Gasteiger partial charge >= 0.3 is 0 Å². The van der Waals surface area contributed by atoms with Gasteiger partial charge in [-0.1, -0.05) is 15.9 Å². The van der Waals surface area contributed by atoms with Crippen molar-refractivity contribution in [2.45, 2.75) is 31.2 Å². The quantitative estimate of drug-likeness (QED) is 0.386. The molecule has 6 rings (SSSR count). The Morgan fingerprint density at radius 1 is 1.05 bits per heavy atom. The van der Waals surface area contributed by atoms with Gasteiger partial charge in [0.25, 0.3) is 5.91 Å². The molecule has 1 aromatic heterocycles. The smallest absolute Gasteiger partial charge is 0.258 e. The highest BCUT2D eigenvalue weighted by atomic mass is 79.9. The molecule has 3 aromatic rings. The van der Waals surface area contributed by atoms with Crippen molar-refractivity contribution in [3.05, 3.63) is 58.2 Å². The number of rotatable bonds is 6. The third-order valence-corrected chi connectivity index (χ3v) is 10.3. The number of likely N-dealkylation sites (N-methyl/N-ethyl adjacent to an activating group) is 1. The Morgan fingerprint density at radius 2 is 1.80 bits per heavy atom. The zero-order valence-electron chi connectivity index (χ0n) is 22.3. The van der Waals surface area contributed by atoms with Crippen LogP contribution in [0, 0.1) is 0 Å². The molecule has 0 saturated carbocycles. The fourth-order valence-corrected chi connectivity index (χ4v) is 7.59. The molecular weight excluding hydrogens is 596 g/mol. The number of fused-ring (bicyclic) bond motifs is 2. The minimum Gasteiger partial charge on any atom is -0.379 e. The fraction of sp³-hybridized carbons (Fsp3) is 0.379. The minimum atomic E-state index is -3.74. The predicted octanol–water partition coefficient (Wildman–Crippen LogP) is 3.95. The van der Waals surface area contributed by atoms with Gasteiger partial charge in [0.2, 0.25) is 15.9 Å². The van der Waals surface area contributed by atoms with E-state index in [9.17, 15) is 18.0 Å². The van der Waals surface area contributed by atoms with Crippen molar-refractivity contribution in [1.29, 1.82) is 0 Å². The number of sulfonamides is 1. The summed E-state index contributed by atoms with van der Waals surface area (Å²) in [4.78, 5) is 30.3. The van der Waals surface area contributed by atoms with Crippen LogP contribution in [0.4, 0.5) is 5.69 Å². The van der Waals surface area contributed by atoms with E-state index in [4.69, 9.17) is 4.74 Å². The van der Waals surface area contributed by atoms with E-state index in [2.05, 4.69) is 15.9 Å². The number of morpholine rings is 1. The van der Waals surface area contributed by atoms with Gasteiger partial charge in [0.05, 0.1) is 23.8 Å². The molecule has 3 aliphatic rings. The fourth-order valence-electron chi connectivity index (χ4n) is 5.80. The highest BCUT2D eigenvalue weighted by Crippen LogP contribution is 2.40. The summed E-state index contributed by atoms with van der Waals surface area (Å²) in [6, 6.07) is 10.8. The van der Waals surface area contributed by atoms with Crippen LogP contribution in [0.15, 0.2) is 52.0 Å². The van der Waals surface area contributed by atoms with Gasteiger partial charge in [-0.05, 0) is 62.2 Å². The molecule has 0 unspecified atom stereocenters. The standard InChI is InChI=1S/C29H31BrN4O5S/c1-2-34-27-8-6-22(40(37,38)33-11-13-39-14-12-33)17-24(27)25(29(34)36)15-20-18-32(19-28(35)31-9-3-4-10-31)26-7-5-21(30)16-23(20)26/h5-8,15-18H,2-4,9-14,19H2,1H3. The first kappa shape index (κ1) is 27.2. The Labute approximate surface area is 242 Å². The Balaban J connectivity index is 1.43. The van der Waals surface area contributed by atoms with Crippen LogP contribution in [-0.2, 0) is 30.9 Å². The highest BCUT2D eigenvalue weighted by Gasteiger charge is 2.34. The summed E-state index contributed by atoms with van der Waals surface area (Å²) < 4.78 is 36.4. The minimum absolute atomic E-state index is 0.0777. The lowest BCUT2D eigenvalue weighted by atomic mass is 10.0. The molecule has 40 heavy (non-hydrogen) atoms. The zero-order chi connectivity index (χ0) is 28.0. The number of aromatic nitrogens is 1. The van der Waals surface area contributed by atoms with Crippen LogP contribution in [0.5, 0.6) is 0 Å². The molecule has 0 bridgehead atoms. The largest absolute Gasteiger partial charge is 0.379 e. The maximum atomic E-state index is 13.6. The Bertz CT molecular complexity index is 1640. The van der Waals surface area contributed by atoms with Gasteiger partial charge < -0.3 is 19.1 Å². The molecule has 2 aromatic carbocycles. The van der Waals surface area contributed by atoms with E-state index in [1.54, 1.807) is 23.1 Å². The molecule has 2 fully saturated rings. The van der Waals surface area contributed by atoms with E-state index in [0.717, 1.165) is 46.9 Å². The summed E-state index contributed by atoms with van der Waals surface area (Å²) in [6.07, 6.45) is 5.80. The summed E-state index contributed by atoms with van der Waals surface area (Å²) >= 11 is 3.56. The van der Waals surface area contributed by atoms with Crippen LogP contribution in [-0.4, -0.2) is 79.9 Å². The van der Waals surface area contributed by atoms with Gasteiger partial charge in [0.1, 0.15) is 6.54 Å². The van der Waals surface area contributed by atoms with Gasteiger partial charge in [-0.25, -0.2) is 8.42 Å². The molecule has 0 spiro atoms. The monoisotopic (exact) mass is 626 g/mol. The number of ether oxygens (including phenoxy) is 1. The van der Waals surface area contributed by atoms with Crippen molar-refractivity contribution in [1.82, 2.24) is 13.8 Å². The molecule has 11 heteroatoms. The first-order chi connectivity index (χ1) is 19.3. The van der Waals surface area contributed by atoms with Crippen LogP contribution in [0.2, 0.25) is 0 Å². The normalized spacial score (nSPS) is 19.2. The average Bonchev–Trinajstić information content (AvgIpc) is 3.67. The van der Waals surface area contributed by atoms with Gasteiger partial charge in [0.15, 0.2) is 0 Å². The second-order valence-corrected chi connectivity index (χ2v) is 13.1. The van der Waals surface area contributed by atoms with E-state index < -0.39 is 10.0 Å². The number of carbonyl (C=O) groups is 2. The Morgan fingerprint density at radius 3 is 2.52 bits per heavy atom. The maximum Gasteiger partial charge on any atom is 0.258 e. The lowest BCUT2D eigenvalue weighted by Gasteiger charge is -2.26. The first-order valence-electron chi connectivity index (χ1n) is 13.6. The molecule has 3 aliphatic heterocycles. The number of anilines is 1. The van der Waals surface area contributed by atoms with Crippen LogP contribution in [0.1, 0.15) is 30.9 Å². The van der Waals surface area contributed by atoms with Crippen molar-refractivity contribution in [3.63, 3.8) is 0 Å². The number of hydrogen-bond acceptors (Lipinski definition) is 5. The molecule has 0 N–H and O–H groups in total. The van der Waals surface area contributed by atoms with E-state index in [1.165, 1.54) is 4.31 Å². The number of hydrogen-bond donors (Lipinski definition) is 0. The van der Waals surface area contributed by atoms with Crippen molar-refractivity contribution in [2.24, 2.45) is 0 Å². The zero-order valence-corrected chi connectivity index (χ0v) is 24.7. The molecule has 0 atom stereocenters. The van der Waals surface area contributed by atoms with Gasteiger partial charge in [0, 0.05) is 71.0 Å². The molecule has 4 heterocycles.